The van der Waals surface area contributed by atoms with Crippen LogP contribution in [0.2, 0.25) is 0 Å². The average Bonchev–Trinajstić information content (AvgIpc) is 2.46. The zero-order valence-electron chi connectivity index (χ0n) is 11.4. The van der Waals surface area contributed by atoms with Crippen LogP contribution in [0.4, 0.5) is 10.1 Å². The summed E-state index contributed by atoms with van der Waals surface area (Å²) in [6.45, 7) is 2.49. The van der Waals surface area contributed by atoms with E-state index in [4.69, 9.17) is 0 Å². The number of halogens is 1. The Kier molecular flexibility index (Phi) is 4.35. The van der Waals surface area contributed by atoms with Gasteiger partial charge in [0.1, 0.15) is 5.82 Å². The van der Waals surface area contributed by atoms with E-state index >= 15 is 0 Å². The maximum absolute atomic E-state index is 13.8. The highest BCUT2D eigenvalue weighted by atomic mass is 19.1. The van der Waals surface area contributed by atoms with Crippen molar-refractivity contribution < 1.29 is 13.9 Å². The van der Waals surface area contributed by atoms with E-state index in [1.54, 1.807) is 6.07 Å². The molecule has 0 saturated heterocycles. The second-order valence-corrected chi connectivity index (χ2v) is 4.47. The molecule has 0 aromatic heterocycles. The minimum atomic E-state index is -0.666. The molecule has 104 valence electrons. The summed E-state index contributed by atoms with van der Waals surface area (Å²) in [4.78, 5) is 11.3. The van der Waals surface area contributed by atoms with Gasteiger partial charge >= 0.3 is 5.97 Å². The van der Waals surface area contributed by atoms with Gasteiger partial charge in [-0.15, -0.1) is 0 Å². The molecule has 20 heavy (non-hydrogen) atoms. The number of ether oxygens (including phenoxy) is 1. The number of carbonyl (C=O) groups excluding carboxylic acids is 1. The number of hydrogen-bond acceptors (Lipinski definition) is 3. The van der Waals surface area contributed by atoms with E-state index in [0.29, 0.717) is 6.54 Å². The minimum Gasteiger partial charge on any atom is -0.465 e. The Labute approximate surface area is 117 Å². The Hall–Kier alpha value is -2.36. The molecule has 0 bridgehead atoms. The lowest BCUT2D eigenvalue weighted by molar-refractivity contribution is 0.0595. The number of carbonyl (C=O) groups is 1. The van der Waals surface area contributed by atoms with Crippen molar-refractivity contribution in [1.82, 2.24) is 0 Å². The summed E-state index contributed by atoms with van der Waals surface area (Å²) in [5, 5.41) is 3.24. The van der Waals surface area contributed by atoms with Crippen molar-refractivity contribution in [3.63, 3.8) is 0 Å². The van der Waals surface area contributed by atoms with Gasteiger partial charge < -0.3 is 10.1 Å². The van der Waals surface area contributed by atoms with Gasteiger partial charge in [0.2, 0.25) is 0 Å². The molecular formula is C16H16FNO2. The molecule has 0 heterocycles. The van der Waals surface area contributed by atoms with E-state index in [1.807, 2.05) is 31.2 Å². The van der Waals surface area contributed by atoms with Gasteiger partial charge in [0, 0.05) is 12.2 Å². The number of aryl methyl sites for hydroxylation is 1. The molecule has 4 heteroatoms. The maximum Gasteiger partial charge on any atom is 0.340 e. The van der Waals surface area contributed by atoms with Crippen molar-refractivity contribution in [3.8, 4) is 0 Å². The fourth-order valence-electron chi connectivity index (χ4n) is 1.91. The average molecular weight is 273 g/mol. The molecule has 0 spiro atoms. The van der Waals surface area contributed by atoms with Gasteiger partial charge in [-0.2, -0.15) is 0 Å². The lowest BCUT2D eigenvalue weighted by atomic mass is 10.1. The normalized spacial score (nSPS) is 10.2. The summed E-state index contributed by atoms with van der Waals surface area (Å²) in [5.74, 6) is -1.23. The first-order valence-corrected chi connectivity index (χ1v) is 6.28. The van der Waals surface area contributed by atoms with Crippen LogP contribution in [0.1, 0.15) is 21.5 Å². The molecule has 0 radical (unpaired) electrons. The largest absolute Gasteiger partial charge is 0.465 e. The SMILES string of the molecule is COC(=O)c1ccc(CNc2ccccc2C)cc1F. The lowest BCUT2D eigenvalue weighted by Crippen LogP contribution is -2.06. The van der Waals surface area contributed by atoms with Crippen LogP contribution in [-0.2, 0) is 11.3 Å². The van der Waals surface area contributed by atoms with E-state index in [0.717, 1.165) is 16.8 Å². The molecule has 0 fully saturated rings. The number of nitrogens with one attached hydrogen (secondary N) is 1. The van der Waals surface area contributed by atoms with E-state index in [1.165, 1.54) is 19.2 Å². The molecule has 2 aromatic rings. The molecule has 0 aliphatic rings. The molecule has 2 rings (SSSR count). The summed E-state index contributed by atoms with van der Waals surface area (Å²) in [6, 6.07) is 12.4. The first-order chi connectivity index (χ1) is 9.61. The molecule has 0 amide bonds. The third kappa shape index (κ3) is 3.15. The highest BCUT2D eigenvalue weighted by Crippen LogP contribution is 2.16. The molecule has 3 nitrogen and oxygen atoms in total. The second-order valence-electron chi connectivity index (χ2n) is 4.47. The first kappa shape index (κ1) is 14.1. The number of methoxy groups -OCH3 is 1. The van der Waals surface area contributed by atoms with Crippen molar-refractivity contribution in [1.29, 1.82) is 0 Å². The number of para-hydroxylation sites is 1. The van der Waals surface area contributed by atoms with Crippen LogP contribution in [0.15, 0.2) is 42.5 Å². The first-order valence-electron chi connectivity index (χ1n) is 6.28. The van der Waals surface area contributed by atoms with E-state index in [2.05, 4.69) is 10.1 Å². The fourth-order valence-corrected chi connectivity index (χ4v) is 1.91. The quantitative estimate of drug-likeness (QED) is 0.866. The van der Waals surface area contributed by atoms with E-state index < -0.39 is 11.8 Å². The summed E-state index contributed by atoms with van der Waals surface area (Å²) < 4.78 is 18.3. The molecule has 0 unspecified atom stereocenters. The summed E-state index contributed by atoms with van der Waals surface area (Å²) >= 11 is 0. The standard InChI is InChI=1S/C16H16FNO2/c1-11-5-3-4-6-15(11)18-10-12-7-8-13(14(17)9-12)16(19)20-2/h3-9,18H,10H2,1-2H3. The smallest absolute Gasteiger partial charge is 0.340 e. The van der Waals surface area contributed by atoms with Crippen molar-refractivity contribution in [2.45, 2.75) is 13.5 Å². The Morgan fingerprint density at radius 1 is 1.25 bits per heavy atom. The fraction of sp³-hybridized carbons (Fsp3) is 0.188. The number of benzene rings is 2. The monoisotopic (exact) mass is 273 g/mol. The molecule has 0 aliphatic carbocycles. The topological polar surface area (TPSA) is 38.3 Å². The number of rotatable bonds is 4. The summed E-state index contributed by atoms with van der Waals surface area (Å²) in [7, 11) is 1.23. The molecule has 0 aliphatic heterocycles. The van der Waals surface area contributed by atoms with Crippen LogP contribution in [0, 0.1) is 12.7 Å². The molecular weight excluding hydrogens is 257 g/mol. The van der Waals surface area contributed by atoms with Crippen LogP contribution in [0.25, 0.3) is 0 Å². The van der Waals surface area contributed by atoms with Crippen LogP contribution >= 0.6 is 0 Å². The van der Waals surface area contributed by atoms with E-state index in [9.17, 15) is 9.18 Å². The molecule has 0 atom stereocenters. The maximum atomic E-state index is 13.8. The number of anilines is 1. The second kappa shape index (κ2) is 6.19. The Balaban J connectivity index is 2.10. The highest BCUT2D eigenvalue weighted by Gasteiger charge is 2.12. The highest BCUT2D eigenvalue weighted by molar-refractivity contribution is 5.89. The Bertz CT molecular complexity index is 626. The van der Waals surface area contributed by atoms with Gasteiger partial charge in [-0.25, -0.2) is 9.18 Å². The van der Waals surface area contributed by atoms with Gasteiger partial charge in [-0.1, -0.05) is 24.3 Å². The summed E-state index contributed by atoms with van der Waals surface area (Å²) in [6.07, 6.45) is 0. The third-order valence-electron chi connectivity index (χ3n) is 3.07. The predicted molar refractivity (Wildman–Crippen MR) is 76.2 cm³/mol. The van der Waals surface area contributed by atoms with Crippen LogP contribution in [0.5, 0.6) is 0 Å². The van der Waals surface area contributed by atoms with Crippen LogP contribution < -0.4 is 5.32 Å². The van der Waals surface area contributed by atoms with Crippen molar-refractivity contribution in [3.05, 3.63) is 65.0 Å². The van der Waals surface area contributed by atoms with Crippen molar-refractivity contribution in [2.24, 2.45) is 0 Å². The van der Waals surface area contributed by atoms with Gasteiger partial charge in [0.15, 0.2) is 0 Å². The predicted octanol–water partition coefficient (Wildman–Crippen LogP) is 3.53. The zero-order chi connectivity index (χ0) is 14.5. The Morgan fingerprint density at radius 2 is 2.00 bits per heavy atom. The van der Waals surface area contributed by atoms with Crippen molar-refractivity contribution in [2.75, 3.05) is 12.4 Å². The van der Waals surface area contributed by atoms with Gasteiger partial charge in [0.05, 0.1) is 12.7 Å². The number of esters is 1. The zero-order valence-corrected chi connectivity index (χ0v) is 11.4. The Morgan fingerprint density at radius 3 is 2.65 bits per heavy atom. The van der Waals surface area contributed by atoms with Crippen LogP contribution in [0.3, 0.4) is 0 Å². The molecule has 1 N–H and O–H groups in total. The van der Waals surface area contributed by atoms with Gasteiger partial charge in [-0.3, -0.25) is 0 Å². The molecule has 2 aromatic carbocycles. The summed E-state index contributed by atoms with van der Waals surface area (Å²) in [5.41, 5.74) is 2.84. The van der Waals surface area contributed by atoms with Crippen molar-refractivity contribution >= 4 is 11.7 Å². The van der Waals surface area contributed by atoms with Crippen LogP contribution in [-0.4, -0.2) is 13.1 Å². The molecule has 0 saturated carbocycles. The van der Waals surface area contributed by atoms with Gasteiger partial charge in [-0.05, 0) is 36.2 Å². The van der Waals surface area contributed by atoms with Gasteiger partial charge in [0.25, 0.3) is 0 Å². The number of hydrogen-bond donors (Lipinski definition) is 1. The van der Waals surface area contributed by atoms with E-state index in [-0.39, 0.29) is 5.56 Å². The lowest BCUT2D eigenvalue weighted by Gasteiger charge is -2.10. The minimum absolute atomic E-state index is 0.0489. The third-order valence-corrected chi connectivity index (χ3v) is 3.07.